The predicted octanol–water partition coefficient (Wildman–Crippen LogP) is 8.73. The Bertz CT molecular complexity index is 1640. The van der Waals surface area contributed by atoms with E-state index in [-0.39, 0.29) is 22.9 Å². The molecule has 0 saturated heterocycles. The number of imidazole rings is 1. The summed E-state index contributed by atoms with van der Waals surface area (Å²) in [5, 5.41) is 2.52. The topological polar surface area (TPSA) is 110 Å². The lowest BCUT2D eigenvalue weighted by molar-refractivity contribution is -0.159. The molecule has 46 heavy (non-hydrogen) atoms. The number of anilines is 1. The third kappa shape index (κ3) is 6.35. The number of carbonyl (C=O) groups excluding carboxylic acids is 3. The molecule has 0 radical (unpaired) electrons. The van der Waals surface area contributed by atoms with Crippen LogP contribution in [-0.4, -0.2) is 41.0 Å². The van der Waals surface area contributed by atoms with E-state index in [0.717, 1.165) is 54.0 Å². The van der Waals surface area contributed by atoms with Crippen LogP contribution in [0.15, 0.2) is 70.0 Å². The number of benzene rings is 2. The van der Waals surface area contributed by atoms with Gasteiger partial charge in [0.15, 0.2) is 5.78 Å². The smallest absolute Gasteiger partial charge is 0.413 e. The molecule has 4 aliphatic rings. The molecule has 244 valence electrons. The number of fused-ring (bicyclic) bond motifs is 6. The number of rotatable bonds is 5. The third-order valence-corrected chi connectivity index (χ3v) is 12.3. The summed E-state index contributed by atoms with van der Waals surface area (Å²) >= 11 is 1.67. The van der Waals surface area contributed by atoms with Crippen LogP contribution in [0.5, 0.6) is 0 Å². The molecule has 1 amide bonds. The summed E-state index contributed by atoms with van der Waals surface area (Å²) in [6, 6.07) is 16.1. The van der Waals surface area contributed by atoms with Crippen molar-refractivity contribution < 1.29 is 23.9 Å². The second-order valence-corrected chi connectivity index (χ2v) is 14.9. The first kappa shape index (κ1) is 32.4. The zero-order valence-corrected chi connectivity index (χ0v) is 28.1. The molecular formula is C37H45N3O5S. The fraction of sp³-hybridized carbons (Fsp3) is 0.514. The molecule has 2 N–H and O–H groups in total. The zero-order chi connectivity index (χ0) is 32.5. The maximum atomic E-state index is 11.9. The minimum Gasteiger partial charge on any atom is -0.462 e. The van der Waals surface area contributed by atoms with Crippen LogP contribution in [-0.2, 0) is 19.1 Å². The van der Waals surface area contributed by atoms with Crippen LogP contribution in [0.4, 0.5) is 10.7 Å². The largest absolute Gasteiger partial charge is 0.462 e. The van der Waals surface area contributed by atoms with E-state index in [1.165, 1.54) is 36.8 Å². The van der Waals surface area contributed by atoms with Crippen molar-refractivity contribution in [2.45, 2.75) is 94.5 Å². The monoisotopic (exact) mass is 643 g/mol. The van der Waals surface area contributed by atoms with Gasteiger partial charge in [-0.25, -0.2) is 9.78 Å². The zero-order valence-electron chi connectivity index (χ0n) is 27.3. The van der Waals surface area contributed by atoms with E-state index in [4.69, 9.17) is 4.74 Å². The van der Waals surface area contributed by atoms with Gasteiger partial charge in [0.25, 0.3) is 0 Å². The average molecular weight is 644 g/mol. The lowest BCUT2D eigenvalue weighted by atomic mass is 9.47. The Morgan fingerprint density at radius 3 is 2.57 bits per heavy atom. The average Bonchev–Trinajstić information content (AvgIpc) is 3.61. The summed E-state index contributed by atoms with van der Waals surface area (Å²) < 4.78 is 10.4. The van der Waals surface area contributed by atoms with Gasteiger partial charge in [0, 0.05) is 28.0 Å². The minimum atomic E-state index is -0.548. The number of esters is 1. The number of methoxy groups -OCH3 is 1. The van der Waals surface area contributed by atoms with Crippen LogP contribution in [0.25, 0.3) is 11.0 Å². The molecule has 1 aromatic heterocycles. The van der Waals surface area contributed by atoms with Crippen molar-refractivity contribution >= 4 is 46.6 Å². The molecule has 3 fully saturated rings. The Balaban J connectivity index is 0.000000164. The van der Waals surface area contributed by atoms with E-state index in [9.17, 15) is 14.4 Å². The molecule has 4 aliphatic carbocycles. The number of amides is 1. The molecule has 2 aromatic carbocycles. The van der Waals surface area contributed by atoms with Gasteiger partial charge >= 0.3 is 12.1 Å². The minimum absolute atomic E-state index is 0.0411. The van der Waals surface area contributed by atoms with E-state index in [1.807, 2.05) is 49.4 Å². The van der Waals surface area contributed by atoms with Crippen LogP contribution >= 0.6 is 11.8 Å². The Morgan fingerprint density at radius 2 is 1.80 bits per heavy atom. The van der Waals surface area contributed by atoms with Crippen molar-refractivity contribution in [3.05, 3.63) is 60.2 Å². The standard InChI is InChI=1S/C22H32O3.C15H13N3O2S/c1-4-20(24)25-19-8-7-17-16-6-5-14-13-15(23)9-11-21(14,2)18(16)10-12-22(17,19)3;1-20-15(19)18-14-16-12-8-7-11(9-13(12)17-14)21-10-5-3-2-4-6-10/h13,16-19H,4-12H2,1-3H3;2-9H,1H3,(H2,16,17,18,19). The van der Waals surface area contributed by atoms with E-state index in [2.05, 4.69) is 46.0 Å². The van der Waals surface area contributed by atoms with Gasteiger partial charge in [0.2, 0.25) is 5.95 Å². The molecule has 0 aliphatic heterocycles. The maximum Gasteiger partial charge on any atom is 0.413 e. The Kier molecular flexibility index (Phi) is 9.33. The van der Waals surface area contributed by atoms with Crippen LogP contribution < -0.4 is 5.32 Å². The number of hydrogen-bond donors (Lipinski definition) is 2. The van der Waals surface area contributed by atoms with E-state index in [0.29, 0.717) is 30.0 Å². The highest BCUT2D eigenvalue weighted by atomic mass is 32.2. The summed E-state index contributed by atoms with van der Waals surface area (Å²) in [6.45, 7) is 6.69. The first-order valence-corrected chi connectivity index (χ1v) is 17.5. The molecular weight excluding hydrogens is 598 g/mol. The van der Waals surface area contributed by atoms with Gasteiger partial charge in [-0.15, -0.1) is 0 Å². The highest BCUT2D eigenvalue weighted by Gasteiger charge is 2.59. The maximum absolute atomic E-state index is 11.9. The molecule has 6 atom stereocenters. The van der Waals surface area contributed by atoms with Gasteiger partial charge in [-0.1, -0.05) is 56.3 Å². The number of hydrogen-bond acceptors (Lipinski definition) is 7. The van der Waals surface area contributed by atoms with Crippen molar-refractivity contribution in [1.29, 1.82) is 0 Å². The molecule has 0 spiro atoms. The summed E-state index contributed by atoms with van der Waals surface area (Å²) in [7, 11) is 1.31. The van der Waals surface area contributed by atoms with E-state index >= 15 is 0 Å². The SMILES string of the molecule is CCC(=O)OC1CCC2C3CCC4=CC(=O)CCC4(C)C3CCC12C.COC(=O)Nc1nc2ccc(Sc3ccccc3)cc2[nH]1. The molecule has 9 heteroatoms. The Hall–Kier alpha value is -3.59. The number of ether oxygens (including phenoxy) is 2. The van der Waals surface area contributed by atoms with Crippen LogP contribution in [0.1, 0.15) is 78.6 Å². The quantitative estimate of drug-likeness (QED) is 0.268. The molecule has 8 nitrogen and oxygen atoms in total. The van der Waals surface area contributed by atoms with E-state index < -0.39 is 6.09 Å². The summed E-state index contributed by atoms with van der Waals surface area (Å²) in [6.07, 6.45) is 10.7. The number of nitrogens with one attached hydrogen (secondary N) is 2. The molecule has 3 aromatic rings. The number of aromatic nitrogens is 2. The second-order valence-electron chi connectivity index (χ2n) is 13.7. The number of aromatic amines is 1. The lowest BCUT2D eigenvalue weighted by Gasteiger charge is -2.57. The van der Waals surface area contributed by atoms with Crippen molar-refractivity contribution in [3.63, 3.8) is 0 Å². The predicted molar refractivity (Wildman–Crippen MR) is 180 cm³/mol. The van der Waals surface area contributed by atoms with Crippen molar-refractivity contribution in [2.75, 3.05) is 12.4 Å². The Labute approximate surface area is 275 Å². The van der Waals surface area contributed by atoms with Crippen LogP contribution in [0.3, 0.4) is 0 Å². The number of nitrogens with zero attached hydrogens (tertiary/aromatic N) is 1. The van der Waals surface area contributed by atoms with Crippen LogP contribution in [0, 0.1) is 28.6 Å². The summed E-state index contributed by atoms with van der Waals surface area (Å²) in [5.41, 5.74) is 3.48. The van der Waals surface area contributed by atoms with Gasteiger partial charge in [-0.3, -0.25) is 14.9 Å². The molecule has 7 rings (SSSR count). The number of ketones is 1. The molecule has 0 bridgehead atoms. The number of H-pyrrole nitrogens is 1. The molecule has 1 heterocycles. The summed E-state index contributed by atoms with van der Waals surface area (Å²) in [5.74, 6) is 2.79. The van der Waals surface area contributed by atoms with Gasteiger partial charge in [0.05, 0.1) is 18.1 Å². The van der Waals surface area contributed by atoms with Gasteiger partial charge in [-0.2, -0.15) is 0 Å². The highest BCUT2D eigenvalue weighted by molar-refractivity contribution is 7.99. The summed E-state index contributed by atoms with van der Waals surface area (Å²) in [4.78, 5) is 44.5. The highest BCUT2D eigenvalue weighted by Crippen LogP contribution is 2.65. The van der Waals surface area contributed by atoms with Crippen LogP contribution in [0.2, 0.25) is 0 Å². The second kappa shape index (κ2) is 13.3. The van der Waals surface area contributed by atoms with Gasteiger partial charge in [-0.05, 0) is 105 Å². The first-order chi connectivity index (χ1) is 22.1. The van der Waals surface area contributed by atoms with Crippen molar-refractivity contribution in [2.24, 2.45) is 28.6 Å². The number of allylic oxidation sites excluding steroid dienone is 1. The fourth-order valence-corrected chi connectivity index (χ4v) is 9.71. The van der Waals surface area contributed by atoms with Crippen molar-refractivity contribution in [3.8, 4) is 0 Å². The van der Waals surface area contributed by atoms with E-state index in [1.54, 1.807) is 11.8 Å². The van der Waals surface area contributed by atoms with Gasteiger partial charge in [0.1, 0.15) is 6.10 Å². The number of carbonyl (C=O) groups is 3. The molecule has 3 saturated carbocycles. The fourth-order valence-electron chi connectivity index (χ4n) is 8.83. The van der Waals surface area contributed by atoms with Crippen molar-refractivity contribution in [1.82, 2.24) is 9.97 Å². The lowest BCUT2D eigenvalue weighted by Crippen LogP contribution is -2.51. The normalized spacial score (nSPS) is 29.7. The first-order valence-electron chi connectivity index (χ1n) is 16.6. The molecule has 6 unspecified atom stereocenters. The Morgan fingerprint density at radius 1 is 1.00 bits per heavy atom. The third-order valence-electron chi connectivity index (χ3n) is 11.3. The van der Waals surface area contributed by atoms with Gasteiger partial charge < -0.3 is 14.5 Å².